The number of amides is 1. The lowest BCUT2D eigenvalue weighted by molar-refractivity contribution is -0.117. The van der Waals surface area contributed by atoms with Crippen LogP contribution >= 0.6 is 0 Å². The number of nitrogens with one attached hydrogen (secondary N) is 1. The molecule has 0 aliphatic carbocycles. The van der Waals surface area contributed by atoms with Crippen LogP contribution in [-0.2, 0) is 4.79 Å². The molecule has 0 saturated carbocycles. The summed E-state index contributed by atoms with van der Waals surface area (Å²) < 4.78 is 4.92. The molecule has 6 nitrogen and oxygen atoms in total. The van der Waals surface area contributed by atoms with Gasteiger partial charge in [-0.1, -0.05) is 6.08 Å². The van der Waals surface area contributed by atoms with Gasteiger partial charge in [-0.2, -0.15) is 4.98 Å². The van der Waals surface area contributed by atoms with Gasteiger partial charge in [-0.05, 0) is 0 Å². The first-order valence-corrected chi connectivity index (χ1v) is 5.10. The van der Waals surface area contributed by atoms with Crippen LogP contribution in [0.4, 0.5) is 11.5 Å². The Morgan fingerprint density at radius 3 is 3.18 bits per heavy atom. The second-order valence-corrected chi connectivity index (χ2v) is 3.53. The fourth-order valence-electron chi connectivity index (χ4n) is 1.66. The molecule has 1 amide bonds. The fourth-order valence-corrected chi connectivity index (χ4v) is 1.66. The van der Waals surface area contributed by atoms with E-state index in [4.69, 9.17) is 4.74 Å². The largest absolute Gasteiger partial charge is 0.503 e. The number of carbonyl (C=O) groups excluding carboxylic acids is 1. The minimum Gasteiger partial charge on any atom is -0.503 e. The van der Waals surface area contributed by atoms with Crippen molar-refractivity contribution in [2.24, 2.45) is 0 Å². The number of fused-ring (bicyclic) bond motifs is 1. The molecule has 90 valence electrons. The smallest absolute Gasteiger partial charge is 0.258 e. The molecule has 0 saturated heterocycles. The molecule has 0 unspecified atom stereocenters. The van der Waals surface area contributed by atoms with Crippen molar-refractivity contribution < 1.29 is 14.6 Å². The van der Waals surface area contributed by atoms with Gasteiger partial charge in [-0.3, -0.25) is 9.69 Å². The van der Waals surface area contributed by atoms with E-state index in [2.05, 4.69) is 16.9 Å². The number of anilines is 2. The summed E-state index contributed by atoms with van der Waals surface area (Å²) in [5.41, 5.74) is 0.602. The molecule has 1 aromatic heterocycles. The van der Waals surface area contributed by atoms with Gasteiger partial charge in [0, 0.05) is 12.6 Å². The SMILES string of the molecule is C=CCN1C(=O)CNc2cc(O)c(OC)nc21. The molecule has 2 heterocycles. The summed E-state index contributed by atoms with van der Waals surface area (Å²) in [7, 11) is 1.41. The molecule has 1 aromatic rings. The highest BCUT2D eigenvalue weighted by molar-refractivity contribution is 6.01. The van der Waals surface area contributed by atoms with Crippen LogP contribution in [0.1, 0.15) is 0 Å². The van der Waals surface area contributed by atoms with Crippen molar-refractivity contribution in [2.75, 3.05) is 30.4 Å². The highest BCUT2D eigenvalue weighted by Crippen LogP contribution is 2.35. The molecule has 1 aliphatic heterocycles. The third-order valence-corrected chi connectivity index (χ3v) is 2.44. The van der Waals surface area contributed by atoms with E-state index in [1.165, 1.54) is 18.1 Å². The number of ether oxygens (including phenoxy) is 1. The highest BCUT2D eigenvalue weighted by Gasteiger charge is 2.26. The van der Waals surface area contributed by atoms with E-state index in [0.717, 1.165) is 0 Å². The Kier molecular flexibility index (Phi) is 2.86. The number of aromatic hydroxyl groups is 1. The topological polar surface area (TPSA) is 74.7 Å². The van der Waals surface area contributed by atoms with Crippen molar-refractivity contribution in [3.63, 3.8) is 0 Å². The predicted molar refractivity (Wildman–Crippen MR) is 63.5 cm³/mol. The van der Waals surface area contributed by atoms with Gasteiger partial charge in [0.15, 0.2) is 11.6 Å². The molecule has 17 heavy (non-hydrogen) atoms. The van der Waals surface area contributed by atoms with Crippen LogP contribution in [0.5, 0.6) is 11.6 Å². The van der Waals surface area contributed by atoms with Gasteiger partial charge in [0.2, 0.25) is 5.91 Å². The summed E-state index contributed by atoms with van der Waals surface area (Å²) in [6.45, 7) is 4.14. The van der Waals surface area contributed by atoms with Crippen LogP contribution in [0.3, 0.4) is 0 Å². The molecule has 2 rings (SSSR count). The van der Waals surface area contributed by atoms with Crippen LogP contribution < -0.4 is 15.0 Å². The number of methoxy groups -OCH3 is 1. The number of aromatic nitrogens is 1. The summed E-state index contributed by atoms with van der Waals surface area (Å²) in [6.07, 6.45) is 1.62. The van der Waals surface area contributed by atoms with E-state index < -0.39 is 0 Å². The fraction of sp³-hybridized carbons (Fsp3) is 0.273. The zero-order valence-electron chi connectivity index (χ0n) is 9.43. The lowest BCUT2D eigenvalue weighted by Crippen LogP contribution is -2.40. The first kappa shape index (κ1) is 11.3. The Labute approximate surface area is 98.5 Å². The van der Waals surface area contributed by atoms with E-state index in [-0.39, 0.29) is 24.1 Å². The lowest BCUT2D eigenvalue weighted by atomic mass is 10.2. The van der Waals surface area contributed by atoms with Gasteiger partial charge in [0.1, 0.15) is 0 Å². The molecule has 0 bridgehead atoms. The van der Waals surface area contributed by atoms with Gasteiger partial charge >= 0.3 is 0 Å². The molecule has 0 fully saturated rings. The molecule has 0 atom stereocenters. The van der Waals surface area contributed by atoms with Crippen molar-refractivity contribution >= 4 is 17.4 Å². The third-order valence-electron chi connectivity index (χ3n) is 2.44. The molecular formula is C11H13N3O3. The second-order valence-electron chi connectivity index (χ2n) is 3.53. The van der Waals surface area contributed by atoms with E-state index in [1.807, 2.05) is 0 Å². The van der Waals surface area contributed by atoms with Crippen molar-refractivity contribution in [3.05, 3.63) is 18.7 Å². The quantitative estimate of drug-likeness (QED) is 0.756. The van der Waals surface area contributed by atoms with Gasteiger partial charge in [0.25, 0.3) is 5.88 Å². The van der Waals surface area contributed by atoms with Crippen LogP contribution in [0.15, 0.2) is 18.7 Å². The molecule has 0 aromatic carbocycles. The average Bonchev–Trinajstić information content (AvgIpc) is 2.32. The first-order chi connectivity index (χ1) is 8.17. The molecule has 2 N–H and O–H groups in total. The van der Waals surface area contributed by atoms with E-state index in [0.29, 0.717) is 18.1 Å². The maximum Gasteiger partial charge on any atom is 0.258 e. The summed E-state index contributed by atoms with van der Waals surface area (Å²) in [5.74, 6) is 0.370. The number of hydrogen-bond acceptors (Lipinski definition) is 5. The average molecular weight is 235 g/mol. The lowest BCUT2D eigenvalue weighted by Gasteiger charge is -2.28. The van der Waals surface area contributed by atoms with Crippen molar-refractivity contribution in [2.45, 2.75) is 0 Å². The van der Waals surface area contributed by atoms with Crippen LogP contribution in [0.2, 0.25) is 0 Å². The van der Waals surface area contributed by atoms with E-state index in [1.54, 1.807) is 6.08 Å². The predicted octanol–water partition coefficient (Wildman–Crippen LogP) is 0.740. The molecule has 1 aliphatic rings. The Hall–Kier alpha value is -2.24. The zero-order valence-corrected chi connectivity index (χ0v) is 9.43. The molecule has 0 radical (unpaired) electrons. The highest BCUT2D eigenvalue weighted by atomic mass is 16.5. The second kappa shape index (κ2) is 4.32. The van der Waals surface area contributed by atoms with Crippen LogP contribution in [0, 0.1) is 0 Å². The minimum atomic E-state index is -0.0994. The Balaban J connectivity index is 2.49. The van der Waals surface area contributed by atoms with E-state index >= 15 is 0 Å². The third kappa shape index (κ3) is 1.89. The maximum absolute atomic E-state index is 11.7. The van der Waals surface area contributed by atoms with Crippen molar-refractivity contribution in [1.29, 1.82) is 0 Å². The van der Waals surface area contributed by atoms with Crippen LogP contribution in [0.25, 0.3) is 0 Å². The van der Waals surface area contributed by atoms with Crippen molar-refractivity contribution in [1.82, 2.24) is 4.98 Å². The molecule has 0 spiro atoms. The standard InChI is InChI=1S/C11H13N3O3/c1-3-4-14-9(16)6-12-7-5-8(15)11(17-2)13-10(7)14/h3,5,12,15H,1,4,6H2,2H3. The number of carbonyl (C=O) groups is 1. The van der Waals surface area contributed by atoms with Gasteiger partial charge in [0.05, 0.1) is 19.3 Å². The number of hydrogen-bond donors (Lipinski definition) is 2. The minimum absolute atomic E-state index is 0.0633. The summed E-state index contributed by atoms with van der Waals surface area (Å²) in [5, 5.41) is 12.5. The Morgan fingerprint density at radius 1 is 1.76 bits per heavy atom. The Bertz CT molecular complexity index is 473. The van der Waals surface area contributed by atoms with Gasteiger partial charge < -0.3 is 15.2 Å². The Morgan fingerprint density at radius 2 is 2.53 bits per heavy atom. The summed E-state index contributed by atoms with van der Waals surface area (Å²) in [6, 6.07) is 1.49. The maximum atomic E-state index is 11.7. The van der Waals surface area contributed by atoms with E-state index in [9.17, 15) is 9.90 Å². The molecular weight excluding hydrogens is 222 g/mol. The number of nitrogens with zero attached hydrogens (tertiary/aromatic N) is 2. The number of rotatable bonds is 3. The van der Waals surface area contributed by atoms with Gasteiger partial charge in [-0.15, -0.1) is 6.58 Å². The monoisotopic (exact) mass is 235 g/mol. The summed E-state index contributed by atoms with van der Waals surface area (Å²) >= 11 is 0. The van der Waals surface area contributed by atoms with Gasteiger partial charge in [-0.25, -0.2) is 0 Å². The normalized spacial score (nSPS) is 13.9. The van der Waals surface area contributed by atoms with Crippen LogP contribution in [-0.4, -0.2) is 36.2 Å². The summed E-state index contributed by atoms with van der Waals surface area (Å²) in [4.78, 5) is 17.3. The molecule has 6 heteroatoms. The van der Waals surface area contributed by atoms with Crippen molar-refractivity contribution in [3.8, 4) is 11.6 Å². The first-order valence-electron chi connectivity index (χ1n) is 5.10. The zero-order chi connectivity index (χ0) is 12.4. The number of pyridine rings is 1.